The summed E-state index contributed by atoms with van der Waals surface area (Å²) in [6.45, 7) is 4.44. The molecular weight excluding hydrogens is 306 g/mol. The number of carbonyl (C=O) groups excluding carboxylic acids is 1. The van der Waals surface area contributed by atoms with E-state index >= 15 is 0 Å². The fraction of sp³-hybridized carbons (Fsp3) is 0.533. The van der Waals surface area contributed by atoms with Crippen LogP contribution < -0.4 is 5.32 Å². The molecule has 0 aliphatic heterocycles. The number of hydrogen-bond donors (Lipinski definition) is 2. The number of nitrogens with one attached hydrogen (secondary N) is 1. The maximum atomic E-state index is 12.4. The molecule has 1 aliphatic carbocycles. The minimum atomic E-state index is -0.341. The van der Waals surface area contributed by atoms with Crippen molar-refractivity contribution >= 4 is 21.8 Å². The zero-order valence-electron chi connectivity index (χ0n) is 11.4. The van der Waals surface area contributed by atoms with Crippen molar-refractivity contribution in [3.63, 3.8) is 0 Å². The summed E-state index contributed by atoms with van der Waals surface area (Å²) in [5.41, 5.74) is 0.465. The van der Waals surface area contributed by atoms with Crippen LogP contribution in [0.4, 0.5) is 0 Å². The van der Waals surface area contributed by atoms with Gasteiger partial charge in [-0.15, -0.1) is 0 Å². The van der Waals surface area contributed by atoms with Crippen LogP contribution in [0.3, 0.4) is 0 Å². The highest BCUT2D eigenvalue weighted by atomic mass is 79.9. The lowest BCUT2D eigenvalue weighted by atomic mass is 9.92. The summed E-state index contributed by atoms with van der Waals surface area (Å²) in [7, 11) is 0. The Kier molecular flexibility index (Phi) is 4.02. The summed E-state index contributed by atoms with van der Waals surface area (Å²) in [6.07, 6.45) is 1.81. The highest BCUT2D eigenvalue weighted by molar-refractivity contribution is 9.10. The molecule has 1 aromatic rings. The van der Waals surface area contributed by atoms with E-state index in [4.69, 9.17) is 0 Å². The van der Waals surface area contributed by atoms with E-state index < -0.39 is 0 Å². The molecule has 0 saturated heterocycles. The maximum absolute atomic E-state index is 12.4. The molecule has 0 aromatic heterocycles. The number of rotatable bonds is 5. The fourth-order valence-corrected chi connectivity index (χ4v) is 2.35. The normalized spacial score (nSPS) is 17.1. The van der Waals surface area contributed by atoms with Gasteiger partial charge in [-0.2, -0.15) is 0 Å². The van der Waals surface area contributed by atoms with Crippen LogP contribution in [-0.2, 0) is 10.2 Å². The third-order valence-electron chi connectivity index (χ3n) is 3.74. The molecule has 0 bridgehead atoms. The van der Waals surface area contributed by atoms with Gasteiger partial charge >= 0.3 is 0 Å². The second-order valence-corrected chi connectivity index (χ2v) is 7.01. The van der Waals surface area contributed by atoms with Crippen LogP contribution in [-0.4, -0.2) is 24.2 Å². The number of aliphatic hydroxyl groups is 1. The van der Waals surface area contributed by atoms with E-state index in [1.807, 2.05) is 38.1 Å². The van der Waals surface area contributed by atoms with Crippen molar-refractivity contribution < 1.29 is 9.90 Å². The van der Waals surface area contributed by atoms with Crippen LogP contribution in [0.25, 0.3) is 0 Å². The van der Waals surface area contributed by atoms with E-state index in [0.717, 1.165) is 22.9 Å². The molecule has 104 valence electrons. The molecule has 19 heavy (non-hydrogen) atoms. The number of hydrogen-bond acceptors (Lipinski definition) is 2. The second kappa shape index (κ2) is 5.25. The molecule has 0 spiro atoms. The van der Waals surface area contributed by atoms with E-state index in [-0.39, 0.29) is 23.3 Å². The minimum absolute atomic E-state index is 0.0680. The van der Waals surface area contributed by atoms with E-state index in [9.17, 15) is 9.90 Å². The van der Waals surface area contributed by atoms with Crippen LogP contribution >= 0.6 is 15.9 Å². The van der Waals surface area contributed by atoms with Gasteiger partial charge in [-0.25, -0.2) is 0 Å². The third-order valence-corrected chi connectivity index (χ3v) is 4.27. The van der Waals surface area contributed by atoms with E-state index in [0.29, 0.717) is 6.54 Å². The third kappa shape index (κ3) is 3.18. The molecule has 1 aromatic carbocycles. The summed E-state index contributed by atoms with van der Waals surface area (Å²) in [6, 6.07) is 7.96. The first kappa shape index (κ1) is 14.5. The lowest BCUT2D eigenvalue weighted by Gasteiger charge is -2.24. The predicted molar refractivity (Wildman–Crippen MR) is 78.9 cm³/mol. The Balaban J connectivity index is 2.04. The highest BCUT2D eigenvalue weighted by Gasteiger charge is 2.51. The quantitative estimate of drug-likeness (QED) is 0.874. The Hall–Kier alpha value is -0.870. The summed E-state index contributed by atoms with van der Waals surface area (Å²) in [5, 5.41) is 12.2. The van der Waals surface area contributed by atoms with Gasteiger partial charge in [0, 0.05) is 23.0 Å². The van der Waals surface area contributed by atoms with E-state index in [1.165, 1.54) is 0 Å². The molecule has 4 heteroatoms. The van der Waals surface area contributed by atoms with Gasteiger partial charge in [-0.05, 0) is 30.5 Å². The number of amides is 1. The summed E-state index contributed by atoms with van der Waals surface area (Å²) in [4.78, 5) is 12.4. The van der Waals surface area contributed by atoms with Gasteiger partial charge in [0.1, 0.15) is 0 Å². The van der Waals surface area contributed by atoms with Crippen LogP contribution in [0.5, 0.6) is 0 Å². The second-order valence-electron chi connectivity index (χ2n) is 6.09. The largest absolute Gasteiger partial charge is 0.396 e. The summed E-state index contributed by atoms with van der Waals surface area (Å²) in [5.74, 6) is 0.0800. The Morgan fingerprint density at radius 2 is 1.95 bits per heavy atom. The molecule has 1 saturated carbocycles. The number of halogens is 1. The molecular formula is C15H20BrNO2. The van der Waals surface area contributed by atoms with Gasteiger partial charge in [-0.3, -0.25) is 4.79 Å². The van der Waals surface area contributed by atoms with Crippen molar-refractivity contribution in [2.75, 3.05) is 13.2 Å². The van der Waals surface area contributed by atoms with Crippen molar-refractivity contribution in [3.8, 4) is 0 Å². The first-order valence-electron chi connectivity index (χ1n) is 6.55. The molecule has 0 atom stereocenters. The minimum Gasteiger partial charge on any atom is -0.396 e. The Labute approximate surface area is 122 Å². The molecule has 1 aliphatic rings. The standard InChI is InChI=1S/C15H20BrNO2/c1-14(2,10-18)9-17-13(19)15(7-8-15)11-3-5-12(16)6-4-11/h3-6,18H,7-10H2,1-2H3,(H,17,19). The van der Waals surface area contributed by atoms with Crippen LogP contribution in [0, 0.1) is 5.41 Å². The molecule has 1 fully saturated rings. The zero-order valence-corrected chi connectivity index (χ0v) is 13.0. The fourth-order valence-electron chi connectivity index (χ4n) is 2.09. The molecule has 2 N–H and O–H groups in total. The molecule has 1 amide bonds. The molecule has 0 unspecified atom stereocenters. The van der Waals surface area contributed by atoms with Crippen molar-refractivity contribution in [3.05, 3.63) is 34.3 Å². The van der Waals surface area contributed by atoms with E-state index in [1.54, 1.807) is 0 Å². The van der Waals surface area contributed by atoms with Gasteiger partial charge in [0.05, 0.1) is 5.41 Å². The maximum Gasteiger partial charge on any atom is 0.230 e. The van der Waals surface area contributed by atoms with Crippen molar-refractivity contribution in [1.82, 2.24) is 5.32 Å². The SMILES string of the molecule is CC(C)(CO)CNC(=O)C1(c2ccc(Br)cc2)CC1. The van der Waals surface area contributed by atoms with Crippen LogP contribution in [0.15, 0.2) is 28.7 Å². The Morgan fingerprint density at radius 1 is 1.37 bits per heavy atom. The Morgan fingerprint density at radius 3 is 2.42 bits per heavy atom. The molecule has 0 radical (unpaired) electrons. The van der Waals surface area contributed by atoms with Gasteiger partial charge in [-0.1, -0.05) is 41.9 Å². The first-order valence-corrected chi connectivity index (χ1v) is 7.34. The zero-order chi connectivity index (χ0) is 14.1. The summed E-state index contributed by atoms with van der Waals surface area (Å²) < 4.78 is 1.02. The smallest absolute Gasteiger partial charge is 0.230 e. The van der Waals surface area contributed by atoms with Crippen molar-refractivity contribution in [2.45, 2.75) is 32.1 Å². The number of aliphatic hydroxyl groups excluding tert-OH is 1. The molecule has 0 heterocycles. The number of benzene rings is 1. The van der Waals surface area contributed by atoms with Gasteiger partial charge in [0.2, 0.25) is 5.91 Å². The first-order chi connectivity index (χ1) is 8.89. The lowest BCUT2D eigenvalue weighted by molar-refractivity contribution is -0.124. The monoisotopic (exact) mass is 325 g/mol. The Bertz CT molecular complexity index is 464. The van der Waals surface area contributed by atoms with E-state index in [2.05, 4.69) is 21.2 Å². The highest BCUT2D eigenvalue weighted by Crippen LogP contribution is 2.48. The van der Waals surface area contributed by atoms with Gasteiger partial charge < -0.3 is 10.4 Å². The van der Waals surface area contributed by atoms with Crippen molar-refractivity contribution in [2.24, 2.45) is 5.41 Å². The topological polar surface area (TPSA) is 49.3 Å². The van der Waals surface area contributed by atoms with Gasteiger partial charge in [0.15, 0.2) is 0 Å². The predicted octanol–water partition coefficient (Wildman–Crippen LogP) is 2.62. The van der Waals surface area contributed by atoms with Crippen LogP contribution in [0.2, 0.25) is 0 Å². The van der Waals surface area contributed by atoms with Gasteiger partial charge in [0.25, 0.3) is 0 Å². The average molecular weight is 326 g/mol. The average Bonchev–Trinajstić information content (AvgIpc) is 3.18. The number of carbonyl (C=O) groups is 1. The summed E-state index contributed by atoms with van der Waals surface area (Å²) >= 11 is 3.41. The van der Waals surface area contributed by atoms with Crippen LogP contribution in [0.1, 0.15) is 32.3 Å². The van der Waals surface area contributed by atoms with Crippen molar-refractivity contribution in [1.29, 1.82) is 0 Å². The molecule has 2 rings (SSSR count). The molecule has 3 nitrogen and oxygen atoms in total. The lowest BCUT2D eigenvalue weighted by Crippen LogP contribution is -2.41.